The number of fused-ring (bicyclic) bond motifs is 1. The van der Waals surface area contributed by atoms with Gasteiger partial charge in [0.2, 0.25) is 0 Å². The molecule has 2 rings (SSSR count). The van der Waals surface area contributed by atoms with E-state index in [9.17, 15) is 0 Å². The van der Waals surface area contributed by atoms with E-state index < -0.39 is 0 Å². The zero-order chi connectivity index (χ0) is 8.39. The molecule has 1 aliphatic rings. The third-order valence-electron chi connectivity index (χ3n) is 2.33. The van der Waals surface area contributed by atoms with Gasteiger partial charge in [-0.2, -0.15) is 5.10 Å². The minimum Gasteiger partial charge on any atom is -0.315 e. The Hall–Kier alpha value is -0.830. The molecule has 0 saturated carbocycles. The zero-order valence-corrected chi connectivity index (χ0v) is 7.51. The molecule has 0 bridgehead atoms. The Labute approximate surface area is 72.8 Å². The summed E-state index contributed by atoms with van der Waals surface area (Å²) in [5.74, 6) is 0. The van der Waals surface area contributed by atoms with Crippen molar-refractivity contribution in [1.82, 2.24) is 15.1 Å². The molecule has 3 nitrogen and oxygen atoms in total. The van der Waals surface area contributed by atoms with Crippen molar-refractivity contribution in [3.8, 4) is 0 Å². The molecule has 1 N–H and O–H groups in total. The van der Waals surface area contributed by atoms with Crippen LogP contribution < -0.4 is 5.32 Å². The molecule has 0 aliphatic carbocycles. The molecule has 0 amide bonds. The Kier molecular flexibility index (Phi) is 2.13. The molecule has 0 aromatic carbocycles. The van der Waals surface area contributed by atoms with Crippen LogP contribution in [0, 0.1) is 0 Å². The van der Waals surface area contributed by atoms with E-state index in [-0.39, 0.29) is 0 Å². The Balaban J connectivity index is 2.26. The summed E-state index contributed by atoms with van der Waals surface area (Å²) in [4.78, 5) is 0. The van der Waals surface area contributed by atoms with Crippen molar-refractivity contribution in [3.63, 3.8) is 0 Å². The summed E-state index contributed by atoms with van der Waals surface area (Å²) in [6.45, 7) is 5.32. The fourth-order valence-corrected chi connectivity index (χ4v) is 1.61. The second-order valence-electron chi connectivity index (χ2n) is 3.20. The third-order valence-corrected chi connectivity index (χ3v) is 2.33. The van der Waals surface area contributed by atoms with E-state index >= 15 is 0 Å². The minimum atomic E-state index is 1.02. The van der Waals surface area contributed by atoms with Gasteiger partial charge in [-0.15, -0.1) is 0 Å². The molecule has 12 heavy (non-hydrogen) atoms. The topological polar surface area (TPSA) is 29.9 Å². The first-order chi connectivity index (χ1) is 5.90. The number of hydrogen-bond donors (Lipinski definition) is 1. The first kappa shape index (κ1) is 7.80. The van der Waals surface area contributed by atoms with Gasteiger partial charge in [0.15, 0.2) is 0 Å². The van der Waals surface area contributed by atoms with Crippen molar-refractivity contribution in [1.29, 1.82) is 0 Å². The van der Waals surface area contributed by atoms with E-state index in [1.165, 1.54) is 11.4 Å². The average Bonchev–Trinajstić information content (AvgIpc) is 2.37. The van der Waals surface area contributed by atoms with Crippen LogP contribution in [0.3, 0.4) is 0 Å². The number of aromatic nitrogens is 2. The normalized spacial score (nSPS) is 17.1. The third kappa shape index (κ3) is 1.37. The van der Waals surface area contributed by atoms with E-state index in [0.717, 1.165) is 32.5 Å². The molecule has 1 aromatic rings. The molecule has 3 heteroatoms. The van der Waals surface area contributed by atoms with Gasteiger partial charge in [0, 0.05) is 25.2 Å². The quantitative estimate of drug-likeness (QED) is 0.660. The molecule has 0 saturated heterocycles. The van der Waals surface area contributed by atoms with Gasteiger partial charge in [-0.05, 0) is 12.5 Å². The summed E-state index contributed by atoms with van der Waals surface area (Å²) >= 11 is 0. The smallest absolute Gasteiger partial charge is 0.0624 e. The minimum absolute atomic E-state index is 1.02. The van der Waals surface area contributed by atoms with Crippen LogP contribution in [0.15, 0.2) is 6.07 Å². The molecule has 0 atom stereocenters. The summed E-state index contributed by atoms with van der Waals surface area (Å²) in [6, 6.07) is 2.23. The van der Waals surface area contributed by atoms with E-state index in [1.54, 1.807) is 0 Å². The molecular weight excluding hydrogens is 150 g/mol. The molecule has 0 radical (unpaired) electrons. The van der Waals surface area contributed by atoms with Crippen molar-refractivity contribution < 1.29 is 0 Å². The van der Waals surface area contributed by atoms with Gasteiger partial charge in [-0.25, -0.2) is 0 Å². The highest BCUT2D eigenvalue weighted by Gasteiger charge is 2.08. The number of rotatable bonds is 1. The summed E-state index contributed by atoms with van der Waals surface area (Å²) in [7, 11) is 0. The van der Waals surface area contributed by atoms with Gasteiger partial charge in [-0.3, -0.25) is 4.68 Å². The zero-order valence-electron chi connectivity index (χ0n) is 7.51. The van der Waals surface area contributed by atoms with Crippen molar-refractivity contribution in [2.24, 2.45) is 0 Å². The molecule has 66 valence electrons. The van der Waals surface area contributed by atoms with Crippen LogP contribution in [-0.2, 0) is 19.4 Å². The van der Waals surface area contributed by atoms with Crippen LogP contribution in [0.4, 0.5) is 0 Å². The first-order valence-electron chi connectivity index (χ1n) is 4.66. The summed E-state index contributed by atoms with van der Waals surface area (Å²) in [5, 5.41) is 7.86. The van der Waals surface area contributed by atoms with Crippen molar-refractivity contribution in [3.05, 3.63) is 17.5 Å². The monoisotopic (exact) mass is 165 g/mol. The lowest BCUT2D eigenvalue weighted by atomic mass is 10.2. The first-order valence-corrected chi connectivity index (χ1v) is 4.66. The molecule has 2 heterocycles. The fourth-order valence-electron chi connectivity index (χ4n) is 1.61. The summed E-state index contributed by atoms with van der Waals surface area (Å²) in [6.07, 6.45) is 2.17. The Morgan fingerprint density at radius 3 is 3.33 bits per heavy atom. The molecule has 1 aromatic heterocycles. The highest BCUT2D eigenvalue weighted by Crippen LogP contribution is 2.07. The van der Waals surface area contributed by atoms with Crippen LogP contribution in [-0.4, -0.2) is 22.9 Å². The summed E-state index contributed by atoms with van der Waals surface area (Å²) in [5.41, 5.74) is 2.61. The molecular formula is C9H15N3. The SMILES string of the molecule is CCc1cc2n(n1)CCNCC2. The number of nitrogens with one attached hydrogen (secondary N) is 1. The average molecular weight is 165 g/mol. The van der Waals surface area contributed by atoms with Gasteiger partial charge < -0.3 is 5.32 Å². The molecule has 0 fully saturated rings. The van der Waals surface area contributed by atoms with Gasteiger partial charge in [0.05, 0.1) is 12.2 Å². The van der Waals surface area contributed by atoms with Crippen molar-refractivity contribution >= 4 is 0 Å². The van der Waals surface area contributed by atoms with Gasteiger partial charge in [0.25, 0.3) is 0 Å². The van der Waals surface area contributed by atoms with Gasteiger partial charge in [0.1, 0.15) is 0 Å². The Bertz CT molecular complexity index is 241. The highest BCUT2D eigenvalue weighted by molar-refractivity contribution is 5.11. The van der Waals surface area contributed by atoms with Gasteiger partial charge in [-0.1, -0.05) is 6.92 Å². The largest absolute Gasteiger partial charge is 0.315 e. The number of hydrogen-bond acceptors (Lipinski definition) is 2. The van der Waals surface area contributed by atoms with Crippen molar-refractivity contribution in [2.75, 3.05) is 13.1 Å². The van der Waals surface area contributed by atoms with Crippen LogP contribution in [0.5, 0.6) is 0 Å². The van der Waals surface area contributed by atoms with Crippen LogP contribution in [0.1, 0.15) is 18.3 Å². The van der Waals surface area contributed by atoms with E-state index in [0.29, 0.717) is 0 Å². The Morgan fingerprint density at radius 2 is 2.50 bits per heavy atom. The summed E-state index contributed by atoms with van der Waals surface area (Å²) < 4.78 is 2.14. The number of aryl methyl sites for hydroxylation is 1. The maximum atomic E-state index is 4.51. The van der Waals surface area contributed by atoms with Crippen molar-refractivity contribution in [2.45, 2.75) is 26.3 Å². The van der Waals surface area contributed by atoms with Crippen LogP contribution >= 0.6 is 0 Å². The second kappa shape index (κ2) is 3.27. The fraction of sp³-hybridized carbons (Fsp3) is 0.667. The van der Waals surface area contributed by atoms with Crippen LogP contribution in [0.25, 0.3) is 0 Å². The molecule has 1 aliphatic heterocycles. The Morgan fingerprint density at radius 1 is 1.58 bits per heavy atom. The lowest BCUT2D eigenvalue weighted by Gasteiger charge is -1.99. The lowest BCUT2D eigenvalue weighted by molar-refractivity contribution is 0.583. The lowest BCUT2D eigenvalue weighted by Crippen LogP contribution is -2.17. The standard InChI is InChI=1S/C9H15N3/c1-2-8-7-9-3-4-10-5-6-12(9)11-8/h7,10H,2-6H2,1H3. The van der Waals surface area contributed by atoms with E-state index in [1.807, 2.05) is 0 Å². The predicted molar refractivity (Wildman–Crippen MR) is 48.2 cm³/mol. The maximum Gasteiger partial charge on any atom is 0.0624 e. The van der Waals surface area contributed by atoms with Gasteiger partial charge >= 0.3 is 0 Å². The highest BCUT2D eigenvalue weighted by atomic mass is 15.3. The van der Waals surface area contributed by atoms with E-state index in [4.69, 9.17) is 0 Å². The van der Waals surface area contributed by atoms with E-state index in [2.05, 4.69) is 28.1 Å². The second-order valence-corrected chi connectivity index (χ2v) is 3.20. The van der Waals surface area contributed by atoms with Crippen LogP contribution in [0.2, 0.25) is 0 Å². The molecule has 0 spiro atoms. The maximum absolute atomic E-state index is 4.51. The number of nitrogens with zero attached hydrogens (tertiary/aromatic N) is 2. The molecule has 0 unspecified atom stereocenters. The predicted octanol–water partition coefficient (Wildman–Crippen LogP) is 0.591.